The van der Waals surface area contributed by atoms with Gasteiger partial charge < -0.3 is 5.73 Å². The van der Waals surface area contributed by atoms with Crippen LogP contribution >= 0.6 is 0 Å². The molecule has 1 aromatic heterocycles. The van der Waals surface area contributed by atoms with E-state index in [-0.39, 0.29) is 0 Å². The largest absolute Gasteiger partial charge is 0.366 e. The fraction of sp³-hybridized carbons (Fsp3) is 0.0588. The molecule has 0 unspecified atom stereocenters. The number of hydrogen-bond donors (Lipinski definition) is 1. The normalized spacial score (nSPS) is 10.5. The lowest BCUT2D eigenvalue weighted by atomic mass is 10.1. The van der Waals surface area contributed by atoms with Crippen molar-refractivity contribution in [2.45, 2.75) is 0 Å². The van der Waals surface area contributed by atoms with E-state index in [2.05, 4.69) is 17.2 Å². The lowest BCUT2D eigenvalue weighted by Gasteiger charge is -1.99. The molecule has 2 N–H and O–H groups in total. The molecule has 3 aromatic rings. The highest BCUT2D eigenvalue weighted by atomic mass is 16.1. The lowest BCUT2D eigenvalue weighted by Crippen LogP contribution is -2.10. The van der Waals surface area contributed by atoms with Crippen molar-refractivity contribution in [1.29, 1.82) is 0 Å². The second kappa shape index (κ2) is 5.25. The molecule has 0 fully saturated rings. The van der Waals surface area contributed by atoms with Gasteiger partial charge in [-0.15, -0.1) is 0 Å². The number of rotatable bonds is 3. The second-order valence-corrected chi connectivity index (χ2v) is 4.85. The fourth-order valence-electron chi connectivity index (χ4n) is 2.29. The van der Waals surface area contributed by atoms with Gasteiger partial charge >= 0.3 is 0 Å². The van der Waals surface area contributed by atoms with Gasteiger partial charge in [-0.2, -0.15) is 5.10 Å². The predicted octanol–water partition coefficient (Wildman–Crippen LogP) is 2.85. The van der Waals surface area contributed by atoms with Crippen LogP contribution in [0.3, 0.4) is 0 Å². The van der Waals surface area contributed by atoms with Gasteiger partial charge in [-0.3, -0.25) is 9.48 Å². The Morgan fingerprint density at radius 3 is 2.29 bits per heavy atom. The quantitative estimate of drug-likeness (QED) is 0.800. The molecule has 0 aliphatic carbocycles. The van der Waals surface area contributed by atoms with E-state index >= 15 is 0 Å². The molecule has 0 atom stereocenters. The molecule has 21 heavy (non-hydrogen) atoms. The van der Waals surface area contributed by atoms with Gasteiger partial charge in [0.15, 0.2) is 0 Å². The van der Waals surface area contributed by atoms with Gasteiger partial charge in [0.05, 0.1) is 11.4 Å². The Bertz CT molecular complexity index is 774. The van der Waals surface area contributed by atoms with Crippen LogP contribution in [0.1, 0.15) is 10.4 Å². The summed E-state index contributed by atoms with van der Waals surface area (Å²) in [4.78, 5) is 11.1. The number of carbonyl (C=O) groups is 1. The van der Waals surface area contributed by atoms with E-state index in [1.54, 1.807) is 12.1 Å². The van der Waals surface area contributed by atoms with E-state index in [0.717, 1.165) is 22.5 Å². The van der Waals surface area contributed by atoms with Gasteiger partial charge in [0.1, 0.15) is 0 Å². The van der Waals surface area contributed by atoms with E-state index in [9.17, 15) is 4.79 Å². The van der Waals surface area contributed by atoms with Crippen molar-refractivity contribution in [3.63, 3.8) is 0 Å². The summed E-state index contributed by atoms with van der Waals surface area (Å²) in [5, 5.41) is 4.53. The summed E-state index contributed by atoms with van der Waals surface area (Å²) >= 11 is 0. The molecule has 3 rings (SSSR count). The van der Waals surface area contributed by atoms with Gasteiger partial charge in [-0.05, 0) is 23.8 Å². The highest BCUT2D eigenvalue weighted by Gasteiger charge is 2.09. The van der Waals surface area contributed by atoms with Crippen molar-refractivity contribution >= 4 is 5.91 Å². The van der Waals surface area contributed by atoms with E-state index in [4.69, 9.17) is 5.73 Å². The Labute approximate surface area is 122 Å². The van der Waals surface area contributed by atoms with Crippen LogP contribution in [0.15, 0.2) is 60.7 Å². The first-order valence-corrected chi connectivity index (χ1v) is 6.65. The monoisotopic (exact) mass is 277 g/mol. The first kappa shape index (κ1) is 13.1. The van der Waals surface area contributed by atoms with E-state index < -0.39 is 5.91 Å². The molecule has 0 aliphatic heterocycles. The summed E-state index contributed by atoms with van der Waals surface area (Å²) in [6.07, 6.45) is 0. The minimum Gasteiger partial charge on any atom is -0.366 e. The Morgan fingerprint density at radius 1 is 1.00 bits per heavy atom. The van der Waals surface area contributed by atoms with Gasteiger partial charge in [-0.25, -0.2) is 0 Å². The van der Waals surface area contributed by atoms with Crippen LogP contribution < -0.4 is 5.73 Å². The van der Waals surface area contributed by atoms with E-state index in [1.165, 1.54) is 0 Å². The third-order valence-electron chi connectivity index (χ3n) is 3.41. The smallest absolute Gasteiger partial charge is 0.248 e. The van der Waals surface area contributed by atoms with Crippen LogP contribution in [0.5, 0.6) is 0 Å². The molecule has 0 aliphatic rings. The lowest BCUT2D eigenvalue weighted by molar-refractivity contribution is 0.100. The average Bonchev–Trinajstić information content (AvgIpc) is 2.90. The maximum atomic E-state index is 11.1. The Morgan fingerprint density at radius 2 is 1.67 bits per heavy atom. The predicted molar refractivity (Wildman–Crippen MR) is 82.6 cm³/mol. The van der Waals surface area contributed by atoms with Crippen LogP contribution in [-0.4, -0.2) is 15.7 Å². The van der Waals surface area contributed by atoms with E-state index in [1.807, 2.05) is 48.1 Å². The average molecular weight is 277 g/mol. The Kier molecular flexibility index (Phi) is 3.28. The molecule has 4 heteroatoms. The highest BCUT2D eigenvalue weighted by molar-refractivity contribution is 5.93. The topological polar surface area (TPSA) is 60.9 Å². The van der Waals surface area contributed by atoms with Crippen molar-refractivity contribution in [3.05, 3.63) is 66.2 Å². The van der Waals surface area contributed by atoms with Crippen molar-refractivity contribution in [2.24, 2.45) is 12.8 Å². The second-order valence-electron chi connectivity index (χ2n) is 4.85. The SMILES string of the molecule is Cn1nc(-c2ccc(C(N)=O)cc2)cc1-c1ccccc1. The number of hydrogen-bond acceptors (Lipinski definition) is 2. The Hall–Kier alpha value is -2.88. The number of primary amides is 1. The molecule has 2 aromatic carbocycles. The fourth-order valence-corrected chi connectivity index (χ4v) is 2.29. The number of carbonyl (C=O) groups excluding carboxylic acids is 1. The van der Waals surface area contributed by atoms with Crippen LogP contribution in [-0.2, 0) is 7.05 Å². The third kappa shape index (κ3) is 2.56. The number of nitrogens with two attached hydrogens (primary N) is 1. The summed E-state index contributed by atoms with van der Waals surface area (Å²) in [5.74, 6) is -0.424. The molecular weight excluding hydrogens is 262 g/mol. The van der Waals surface area contributed by atoms with Crippen LogP contribution in [0.25, 0.3) is 22.5 Å². The van der Waals surface area contributed by atoms with Crippen molar-refractivity contribution < 1.29 is 4.79 Å². The van der Waals surface area contributed by atoms with Gasteiger partial charge in [-0.1, -0.05) is 42.5 Å². The number of nitrogens with zero attached hydrogens (tertiary/aromatic N) is 2. The molecule has 0 radical (unpaired) electrons. The number of aryl methyl sites for hydroxylation is 1. The van der Waals surface area contributed by atoms with Crippen molar-refractivity contribution in [3.8, 4) is 22.5 Å². The summed E-state index contributed by atoms with van der Waals surface area (Å²) in [6, 6.07) is 19.3. The first-order chi connectivity index (χ1) is 10.1. The summed E-state index contributed by atoms with van der Waals surface area (Å²) in [5.41, 5.74) is 9.73. The standard InChI is InChI=1S/C17H15N3O/c1-20-16(13-5-3-2-4-6-13)11-15(19-20)12-7-9-14(10-8-12)17(18)21/h2-11H,1H3,(H2,18,21). The molecule has 0 spiro atoms. The summed E-state index contributed by atoms with van der Waals surface area (Å²) < 4.78 is 1.85. The molecule has 1 heterocycles. The van der Waals surface area contributed by atoms with Crippen LogP contribution in [0.2, 0.25) is 0 Å². The van der Waals surface area contributed by atoms with Gasteiger partial charge in [0.2, 0.25) is 5.91 Å². The summed E-state index contributed by atoms with van der Waals surface area (Å²) in [7, 11) is 1.92. The maximum absolute atomic E-state index is 11.1. The van der Waals surface area contributed by atoms with Gasteiger partial charge in [0.25, 0.3) is 0 Å². The zero-order valence-electron chi connectivity index (χ0n) is 11.7. The molecular formula is C17H15N3O. The maximum Gasteiger partial charge on any atom is 0.248 e. The van der Waals surface area contributed by atoms with Crippen LogP contribution in [0, 0.1) is 0 Å². The first-order valence-electron chi connectivity index (χ1n) is 6.65. The zero-order valence-corrected chi connectivity index (χ0v) is 11.7. The number of aromatic nitrogens is 2. The number of amides is 1. The molecule has 0 bridgehead atoms. The zero-order chi connectivity index (χ0) is 14.8. The Balaban J connectivity index is 1.99. The molecule has 4 nitrogen and oxygen atoms in total. The highest BCUT2D eigenvalue weighted by Crippen LogP contribution is 2.25. The van der Waals surface area contributed by atoms with Crippen molar-refractivity contribution in [1.82, 2.24) is 9.78 Å². The summed E-state index contributed by atoms with van der Waals surface area (Å²) in [6.45, 7) is 0. The van der Waals surface area contributed by atoms with Crippen molar-refractivity contribution in [2.75, 3.05) is 0 Å². The molecule has 0 saturated carbocycles. The molecule has 1 amide bonds. The van der Waals surface area contributed by atoms with Gasteiger partial charge in [0, 0.05) is 18.2 Å². The minimum atomic E-state index is -0.424. The molecule has 0 saturated heterocycles. The minimum absolute atomic E-state index is 0.424. The molecule has 104 valence electrons. The van der Waals surface area contributed by atoms with E-state index in [0.29, 0.717) is 5.56 Å². The van der Waals surface area contributed by atoms with Crippen LogP contribution in [0.4, 0.5) is 0 Å². The number of benzene rings is 2. The third-order valence-corrected chi connectivity index (χ3v) is 3.41.